The van der Waals surface area contributed by atoms with Crippen LogP contribution in [0.1, 0.15) is 116 Å². The first-order chi connectivity index (χ1) is 41.0. The molecule has 2 fully saturated rings. The average Bonchev–Trinajstić information content (AvgIpc) is 2.19. The summed E-state index contributed by atoms with van der Waals surface area (Å²) in [7, 11) is 0. The number of anilines is 4. The van der Waals surface area contributed by atoms with Crippen molar-refractivity contribution in [1.29, 1.82) is 0 Å². The first-order valence-electron chi connectivity index (χ1n) is 28.5. The van der Waals surface area contributed by atoms with Crippen LogP contribution in [0.4, 0.5) is 23.0 Å². The monoisotopic (exact) mass is 1340 g/mol. The number of pyridine rings is 2. The largest absolute Gasteiger partial charge is 1.00 e. The Morgan fingerprint density at radius 1 is 0.621 bits per heavy atom. The number of ketones is 2. The van der Waals surface area contributed by atoms with Gasteiger partial charge in [0.15, 0.2) is 11.6 Å². The summed E-state index contributed by atoms with van der Waals surface area (Å²) >= 11 is 4.41. The Hall–Kier alpha value is -6.82. The Kier molecular flexibility index (Phi) is 21.9. The number of carboxylic acids is 1. The zero-order chi connectivity index (χ0) is 57.7. The van der Waals surface area contributed by atoms with Crippen LogP contribution >= 0.6 is 58.4 Å². The number of rotatable bonds is 14. The molecular formula is C67H64IN8NaO7S3. The zero-order valence-corrected chi connectivity index (χ0v) is 55.0. The van der Waals surface area contributed by atoms with Crippen molar-refractivity contribution in [1.82, 2.24) is 21.4 Å². The molecule has 0 bridgehead atoms. The molecule has 9 heterocycles. The van der Waals surface area contributed by atoms with Gasteiger partial charge in [0.2, 0.25) is 0 Å². The van der Waals surface area contributed by atoms with Gasteiger partial charge in [-0.05, 0) is 145 Å². The molecule has 2 unspecified atom stereocenters. The molecule has 8 aromatic rings. The minimum atomic E-state index is -1.19. The number of carbonyl (C=O) groups excluding carboxylic acids is 6. The number of aromatic nitrogens is 2. The SMILES string of the molecule is I.N.O=C(NCc1cccs1)C1=CC2CCN(C(=O)c3ccc(CC(=O)c4cccnc4N4CCCC4)cc3)c3ccccc3C2S1.O=C([O-])c1cc2c(s1)-c1ccccc1N(C(=O)c1ccc(CC(=O)c3cccnc3N3CCCC3)cc1)CC2.[Na+]. The maximum Gasteiger partial charge on any atom is 1.00 e. The van der Waals surface area contributed by atoms with E-state index in [9.17, 15) is 33.9 Å². The van der Waals surface area contributed by atoms with Gasteiger partial charge in [-0.25, -0.2) is 9.97 Å². The van der Waals surface area contributed by atoms with Gasteiger partial charge >= 0.3 is 29.6 Å². The van der Waals surface area contributed by atoms with Gasteiger partial charge < -0.3 is 41.0 Å². The summed E-state index contributed by atoms with van der Waals surface area (Å²) in [4.78, 5) is 98.4. The maximum atomic E-state index is 13.9. The van der Waals surface area contributed by atoms with E-state index in [4.69, 9.17) is 0 Å². The third kappa shape index (κ3) is 14.4. The Labute approximate surface area is 557 Å². The number of allylic oxidation sites excluding steroid dienone is 1. The number of thiophene rings is 2. The van der Waals surface area contributed by atoms with Gasteiger partial charge in [-0.15, -0.1) is 58.4 Å². The van der Waals surface area contributed by atoms with Gasteiger partial charge in [0.25, 0.3) is 17.7 Å². The van der Waals surface area contributed by atoms with Crippen molar-refractivity contribution in [3.05, 3.63) is 223 Å². The molecule has 87 heavy (non-hydrogen) atoms. The predicted octanol–water partition coefficient (Wildman–Crippen LogP) is 9.01. The number of para-hydroxylation sites is 2. The Balaban J connectivity index is 0.000000202. The molecule has 2 saturated heterocycles. The van der Waals surface area contributed by atoms with Crippen LogP contribution in [-0.2, 0) is 30.6 Å². The standard InChI is InChI=1S/C36H34N4O3S2.C31H27N3O4S.HI.H3N.Na/c41-31(29-9-5-16-37-34(29)39-17-3-4-18-39)21-24-11-13-25(14-12-24)36(43)40-19-15-26-22-32(35(42)38-23-27-7-6-20-44-27)45-33(26)28-8-1-2-10-30(28)40;35-26(24-7-5-14-32-29(24)33-15-3-4-16-33)18-20-9-11-21(12-10-20)30(36)34-17-13-22-19-27(31(37)38)39-28(22)23-6-1-2-8-25(23)34;;;/h1-2,5-14,16,20,22,26,33H,3-4,15,17-19,21,23H2,(H,38,42);1-2,5-12,14,19H,3-4,13,15-18H2,(H,37,38);1H;1H3;/q;;;;+1/p-1. The van der Waals surface area contributed by atoms with Crippen molar-refractivity contribution >= 4 is 117 Å². The number of thioether (sulfide) groups is 1. The molecule has 2 atom stereocenters. The number of nitrogens with one attached hydrogen (secondary N) is 1. The minimum absolute atomic E-state index is 0. The van der Waals surface area contributed by atoms with E-state index < -0.39 is 5.97 Å². The molecule has 0 saturated carbocycles. The van der Waals surface area contributed by atoms with Crippen LogP contribution in [-0.4, -0.2) is 84.5 Å². The van der Waals surface area contributed by atoms with Crippen LogP contribution in [0.5, 0.6) is 0 Å². The second-order valence-electron chi connectivity index (χ2n) is 21.5. The zero-order valence-electron chi connectivity index (χ0n) is 48.2. The number of aromatic carboxylic acids is 1. The van der Waals surface area contributed by atoms with Crippen molar-refractivity contribution < 1.29 is 63.4 Å². The van der Waals surface area contributed by atoms with Gasteiger partial charge in [-0.1, -0.05) is 72.8 Å². The van der Waals surface area contributed by atoms with Crippen LogP contribution in [0.2, 0.25) is 0 Å². The van der Waals surface area contributed by atoms with Crippen molar-refractivity contribution in [2.45, 2.75) is 63.2 Å². The maximum absolute atomic E-state index is 13.9. The van der Waals surface area contributed by atoms with Crippen molar-refractivity contribution in [2.75, 3.05) is 58.9 Å². The fourth-order valence-electron chi connectivity index (χ4n) is 11.9. The first-order valence-corrected chi connectivity index (χ1v) is 31.1. The second-order valence-corrected chi connectivity index (χ2v) is 24.8. The van der Waals surface area contributed by atoms with E-state index in [2.05, 4.69) is 37.2 Å². The van der Waals surface area contributed by atoms with Crippen molar-refractivity contribution in [3.8, 4) is 10.4 Å². The number of halogens is 1. The van der Waals surface area contributed by atoms with Gasteiger partial charge in [0.1, 0.15) is 11.6 Å². The molecule has 0 radical (unpaired) electrons. The summed E-state index contributed by atoms with van der Waals surface area (Å²) in [6.45, 7) is 5.19. The number of hydrogen-bond acceptors (Lipinski definition) is 15. The molecule has 0 aliphatic carbocycles. The Bertz CT molecular complexity index is 3830. The number of amides is 3. The van der Waals surface area contributed by atoms with Crippen LogP contribution in [0.15, 0.2) is 168 Å². The van der Waals surface area contributed by atoms with E-state index >= 15 is 0 Å². The van der Waals surface area contributed by atoms with E-state index in [1.54, 1.807) is 64.7 Å². The average molecular weight is 1340 g/mol. The fourth-order valence-corrected chi connectivity index (χ4v) is 15.0. The number of Topliss-reactive ketones (excluding diaryl/α,β-unsaturated/α-hetero) is 2. The van der Waals surface area contributed by atoms with Gasteiger partial charge in [-0.3, -0.25) is 24.0 Å². The Morgan fingerprint density at radius 2 is 1.17 bits per heavy atom. The molecule has 0 spiro atoms. The summed E-state index contributed by atoms with van der Waals surface area (Å²) in [5.41, 5.74) is 8.55. The Morgan fingerprint density at radius 3 is 1.74 bits per heavy atom. The molecule has 5 aliphatic heterocycles. The summed E-state index contributed by atoms with van der Waals surface area (Å²) in [6, 6.07) is 43.2. The smallest absolute Gasteiger partial charge is 0.544 e. The molecule has 4 aromatic carbocycles. The van der Waals surface area contributed by atoms with E-state index in [1.807, 2.05) is 119 Å². The van der Waals surface area contributed by atoms with E-state index in [0.717, 1.165) is 124 Å². The number of carbonyl (C=O) groups is 6. The topological polar surface area (TPSA) is 211 Å². The van der Waals surface area contributed by atoms with Crippen molar-refractivity contribution in [3.63, 3.8) is 0 Å². The molecule has 3 amide bonds. The third-order valence-corrected chi connectivity index (χ3v) is 19.6. The second kappa shape index (κ2) is 29.5. The normalized spacial score (nSPS) is 16.3. The van der Waals surface area contributed by atoms with Gasteiger partial charge in [-0.2, -0.15) is 0 Å². The van der Waals surface area contributed by atoms with Crippen molar-refractivity contribution in [2.24, 2.45) is 5.92 Å². The number of fused-ring (bicyclic) bond motifs is 6. The molecule has 440 valence electrons. The molecule has 13 rings (SSSR count). The van der Waals surface area contributed by atoms with Gasteiger partial charge in [0, 0.05) is 102 Å². The predicted molar refractivity (Wildman–Crippen MR) is 351 cm³/mol. The van der Waals surface area contributed by atoms with Crippen LogP contribution in [0, 0.1) is 5.92 Å². The van der Waals surface area contributed by atoms with Gasteiger partial charge in [0.05, 0.1) is 39.1 Å². The summed E-state index contributed by atoms with van der Waals surface area (Å²) in [5, 5.41) is 16.6. The van der Waals surface area contributed by atoms with E-state index in [-0.39, 0.29) is 118 Å². The van der Waals surface area contributed by atoms with Crippen LogP contribution in [0.25, 0.3) is 10.4 Å². The number of hydrogen-bond donors (Lipinski definition) is 2. The molecule has 4 N–H and O–H groups in total. The van der Waals surface area contributed by atoms with Crippen LogP contribution < -0.4 is 65.7 Å². The quantitative estimate of drug-likeness (QED) is 0.0592. The summed E-state index contributed by atoms with van der Waals surface area (Å²) in [5.74, 6) is 0.292. The minimum Gasteiger partial charge on any atom is -0.544 e. The number of nitrogens with zero attached hydrogens (tertiary/aromatic N) is 6. The number of benzene rings is 4. The molecule has 15 nitrogen and oxygen atoms in total. The molecular weight excluding hydrogens is 1270 g/mol. The van der Waals surface area contributed by atoms with E-state index in [1.165, 1.54) is 11.3 Å². The third-order valence-electron chi connectivity index (χ3n) is 16.1. The van der Waals surface area contributed by atoms with Crippen LogP contribution in [0.3, 0.4) is 0 Å². The van der Waals surface area contributed by atoms with E-state index in [0.29, 0.717) is 48.3 Å². The number of carboxylic acid groups (broad SMARTS) is 1. The summed E-state index contributed by atoms with van der Waals surface area (Å²) in [6.07, 6.45) is 11.8. The molecule has 20 heteroatoms. The fraction of sp³-hybridized carbons (Fsp3) is 0.254. The molecule has 5 aliphatic rings. The first kappa shape index (κ1) is 64.6. The summed E-state index contributed by atoms with van der Waals surface area (Å²) < 4.78 is 0. The molecule has 4 aromatic heterocycles.